The Morgan fingerprint density at radius 1 is 1.53 bits per heavy atom. The zero-order chi connectivity index (χ0) is 10.8. The molecule has 0 aliphatic heterocycles. The zero-order valence-electron chi connectivity index (χ0n) is 8.19. The molecule has 1 aromatic heterocycles. The van der Waals surface area contributed by atoms with Gasteiger partial charge in [-0.3, -0.25) is 5.10 Å². The number of rotatable bonds is 2. The third-order valence-electron chi connectivity index (χ3n) is 2.20. The summed E-state index contributed by atoms with van der Waals surface area (Å²) in [5, 5.41) is 16.5. The summed E-state index contributed by atoms with van der Waals surface area (Å²) in [7, 11) is 0. The number of benzene rings is 1. The summed E-state index contributed by atoms with van der Waals surface area (Å²) in [6.45, 7) is 1.92. The van der Waals surface area contributed by atoms with Crippen LogP contribution in [-0.2, 0) is 4.79 Å². The van der Waals surface area contributed by atoms with Crippen molar-refractivity contribution in [2.75, 3.05) is 0 Å². The maximum Gasteiger partial charge on any atom is 0.328 e. The summed E-state index contributed by atoms with van der Waals surface area (Å²) in [6.07, 6.45) is 2.67. The van der Waals surface area contributed by atoms with Crippen LogP contribution in [-0.4, -0.2) is 21.3 Å². The minimum atomic E-state index is -0.948. The molecule has 0 saturated heterocycles. The second-order valence-corrected chi connectivity index (χ2v) is 3.29. The molecule has 76 valence electrons. The van der Waals surface area contributed by atoms with E-state index in [9.17, 15) is 4.79 Å². The van der Waals surface area contributed by atoms with Gasteiger partial charge in [-0.05, 0) is 24.6 Å². The molecule has 15 heavy (non-hydrogen) atoms. The lowest BCUT2D eigenvalue weighted by molar-refractivity contribution is -0.131. The molecule has 0 aliphatic carbocycles. The first kappa shape index (κ1) is 9.45. The Kier molecular flexibility index (Phi) is 2.25. The van der Waals surface area contributed by atoms with Crippen LogP contribution >= 0.6 is 0 Å². The number of carbonyl (C=O) groups is 1. The highest BCUT2D eigenvalue weighted by atomic mass is 16.4. The van der Waals surface area contributed by atoms with Crippen molar-refractivity contribution in [3.8, 4) is 0 Å². The van der Waals surface area contributed by atoms with Gasteiger partial charge in [-0.2, -0.15) is 5.10 Å². The van der Waals surface area contributed by atoms with Gasteiger partial charge in [0.1, 0.15) is 0 Å². The molecule has 1 heterocycles. The van der Waals surface area contributed by atoms with Gasteiger partial charge in [-0.15, -0.1) is 0 Å². The third-order valence-corrected chi connectivity index (χ3v) is 2.20. The van der Waals surface area contributed by atoms with E-state index in [1.165, 1.54) is 0 Å². The monoisotopic (exact) mass is 202 g/mol. The molecule has 0 bridgehead atoms. The summed E-state index contributed by atoms with van der Waals surface area (Å²) >= 11 is 0. The molecule has 1 aromatic carbocycles. The Bertz CT molecular complexity index is 541. The van der Waals surface area contributed by atoms with Gasteiger partial charge in [0, 0.05) is 11.5 Å². The van der Waals surface area contributed by atoms with E-state index in [-0.39, 0.29) is 0 Å². The fourth-order valence-electron chi connectivity index (χ4n) is 1.45. The van der Waals surface area contributed by atoms with Gasteiger partial charge in [0.25, 0.3) is 0 Å². The number of hydrogen-bond donors (Lipinski definition) is 2. The van der Waals surface area contributed by atoms with Crippen LogP contribution in [0.1, 0.15) is 11.3 Å². The van der Waals surface area contributed by atoms with Crippen molar-refractivity contribution in [1.29, 1.82) is 0 Å². The lowest BCUT2D eigenvalue weighted by Gasteiger charge is -1.93. The van der Waals surface area contributed by atoms with Gasteiger partial charge in [0.15, 0.2) is 0 Å². The molecule has 4 heteroatoms. The van der Waals surface area contributed by atoms with Gasteiger partial charge in [-0.1, -0.05) is 12.1 Å². The van der Waals surface area contributed by atoms with Gasteiger partial charge >= 0.3 is 5.97 Å². The molecule has 0 saturated carbocycles. The number of aromatic amines is 1. The van der Waals surface area contributed by atoms with Crippen molar-refractivity contribution in [1.82, 2.24) is 10.2 Å². The van der Waals surface area contributed by atoms with Crippen LogP contribution in [0, 0.1) is 6.92 Å². The number of aryl methyl sites for hydroxylation is 1. The molecule has 0 amide bonds. The molecule has 0 unspecified atom stereocenters. The Hall–Kier alpha value is -2.10. The molecule has 0 fully saturated rings. The first-order valence-corrected chi connectivity index (χ1v) is 4.52. The number of aliphatic carboxylic acids is 1. The predicted octanol–water partition coefficient (Wildman–Crippen LogP) is 1.97. The van der Waals surface area contributed by atoms with Crippen molar-refractivity contribution < 1.29 is 9.90 Å². The molecular weight excluding hydrogens is 192 g/mol. The molecular formula is C11H10N2O2. The molecule has 0 atom stereocenters. The predicted molar refractivity (Wildman–Crippen MR) is 57.5 cm³/mol. The van der Waals surface area contributed by atoms with E-state index in [2.05, 4.69) is 10.2 Å². The van der Waals surface area contributed by atoms with Gasteiger partial charge < -0.3 is 5.11 Å². The number of H-pyrrole nitrogens is 1. The van der Waals surface area contributed by atoms with Gasteiger partial charge in [0.05, 0.1) is 11.2 Å². The topological polar surface area (TPSA) is 66.0 Å². The molecule has 0 radical (unpaired) electrons. The van der Waals surface area contributed by atoms with E-state index in [1.54, 1.807) is 6.08 Å². The fraction of sp³-hybridized carbons (Fsp3) is 0.0909. The first-order chi connectivity index (χ1) is 7.16. The van der Waals surface area contributed by atoms with Gasteiger partial charge in [0.2, 0.25) is 0 Å². The van der Waals surface area contributed by atoms with Crippen LogP contribution in [0.4, 0.5) is 0 Å². The smallest absolute Gasteiger partial charge is 0.328 e. The van der Waals surface area contributed by atoms with Crippen LogP contribution in [0.15, 0.2) is 24.3 Å². The summed E-state index contributed by atoms with van der Waals surface area (Å²) in [4.78, 5) is 10.3. The highest BCUT2D eigenvalue weighted by molar-refractivity contribution is 5.88. The van der Waals surface area contributed by atoms with E-state index < -0.39 is 5.97 Å². The first-order valence-electron chi connectivity index (χ1n) is 4.52. The highest BCUT2D eigenvalue weighted by Gasteiger charge is 2.00. The third kappa shape index (κ3) is 1.88. The number of carboxylic acids is 1. The fourth-order valence-corrected chi connectivity index (χ4v) is 1.45. The maximum atomic E-state index is 10.3. The van der Waals surface area contributed by atoms with Crippen LogP contribution < -0.4 is 0 Å². The number of nitrogens with one attached hydrogen (secondary N) is 1. The molecule has 2 N–H and O–H groups in total. The molecule has 2 rings (SSSR count). The second-order valence-electron chi connectivity index (χ2n) is 3.29. The van der Waals surface area contributed by atoms with Crippen LogP contribution in [0.5, 0.6) is 0 Å². The number of aromatic nitrogens is 2. The number of fused-ring (bicyclic) bond motifs is 1. The largest absolute Gasteiger partial charge is 0.478 e. The Balaban J connectivity index is 2.43. The van der Waals surface area contributed by atoms with Crippen molar-refractivity contribution in [3.63, 3.8) is 0 Å². The summed E-state index contributed by atoms with van der Waals surface area (Å²) in [5.41, 5.74) is 2.70. The van der Waals surface area contributed by atoms with Crippen molar-refractivity contribution >= 4 is 22.9 Å². The molecule has 2 aromatic rings. The lowest BCUT2D eigenvalue weighted by atomic mass is 10.1. The Morgan fingerprint density at radius 3 is 3.07 bits per heavy atom. The Morgan fingerprint density at radius 2 is 2.33 bits per heavy atom. The second kappa shape index (κ2) is 3.57. The van der Waals surface area contributed by atoms with E-state index in [4.69, 9.17) is 5.11 Å². The summed E-state index contributed by atoms with van der Waals surface area (Å²) < 4.78 is 0. The summed E-state index contributed by atoms with van der Waals surface area (Å²) in [6, 6.07) is 5.66. The van der Waals surface area contributed by atoms with E-state index >= 15 is 0 Å². The average Bonchev–Trinajstić information content (AvgIpc) is 2.57. The van der Waals surface area contributed by atoms with E-state index in [1.807, 2.05) is 25.1 Å². The summed E-state index contributed by atoms with van der Waals surface area (Å²) in [5.74, 6) is -0.948. The number of hydrogen-bond acceptors (Lipinski definition) is 2. The van der Waals surface area contributed by atoms with Crippen molar-refractivity contribution in [2.45, 2.75) is 6.92 Å². The van der Waals surface area contributed by atoms with E-state index in [0.717, 1.165) is 28.2 Å². The molecule has 0 aliphatic rings. The minimum Gasteiger partial charge on any atom is -0.478 e. The SMILES string of the molecule is Cc1n[nH]c2cc(C=CC(=O)O)ccc12. The quantitative estimate of drug-likeness (QED) is 0.731. The molecule has 4 nitrogen and oxygen atoms in total. The van der Waals surface area contributed by atoms with Crippen LogP contribution in [0.25, 0.3) is 17.0 Å². The highest BCUT2D eigenvalue weighted by Crippen LogP contribution is 2.17. The number of carboxylic acid groups (broad SMARTS) is 1. The average molecular weight is 202 g/mol. The van der Waals surface area contributed by atoms with Crippen LogP contribution in [0.3, 0.4) is 0 Å². The van der Waals surface area contributed by atoms with E-state index in [0.29, 0.717) is 0 Å². The van der Waals surface area contributed by atoms with Crippen LogP contribution in [0.2, 0.25) is 0 Å². The normalized spacial score (nSPS) is 11.3. The molecule has 0 spiro atoms. The maximum absolute atomic E-state index is 10.3. The minimum absolute atomic E-state index is 0.841. The standard InChI is InChI=1S/C11H10N2O2/c1-7-9-4-2-8(3-5-11(14)15)6-10(9)13-12-7/h2-6H,1H3,(H,12,13)(H,14,15). The zero-order valence-corrected chi connectivity index (χ0v) is 8.19. The van der Waals surface area contributed by atoms with Gasteiger partial charge in [-0.25, -0.2) is 4.79 Å². The van der Waals surface area contributed by atoms with Crippen molar-refractivity contribution in [2.24, 2.45) is 0 Å². The Labute approximate surface area is 86.2 Å². The number of nitrogens with zero attached hydrogens (tertiary/aromatic N) is 1. The van der Waals surface area contributed by atoms with Crippen molar-refractivity contribution in [3.05, 3.63) is 35.5 Å². The lowest BCUT2D eigenvalue weighted by Crippen LogP contribution is -1.85.